The fourth-order valence-electron chi connectivity index (χ4n) is 1.45. The Kier molecular flexibility index (Phi) is 3.22. The molecule has 0 unspecified atom stereocenters. The number of aromatic nitrogens is 1. The summed E-state index contributed by atoms with van der Waals surface area (Å²) in [7, 11) is 0. The van der Waals surface area contributed by atoms with E-state index in [1.165, 1.54) is 0 Å². The molecule has 1 heterocycles. The highest BCUT2D eigenvalue weighted by molar-refractivity contribution is 5.31. The van der Waals surface area contributed by atoms with Gasteiger partial charge in [0.1, 0.15) is 11.5 Å². The van der Waals surface area contributed by atoms with E-state index in [0.717, 1.165) is 11.3 Å². The summed E-state index contributed by atoms with van der Waals surface area (Å²) in [4.78, 5) is 4.08. The Hall–Kier alpha value is -1.81. The minimum Gasteiger partial charge on any atom is -0.508 e. The second-order valence-corrected chi connectivity index (χ2v) is 3.60. The van der Waals surface area contributed by atoms with Gasteiger partial charge < -0.3 is 14.8 Å². The Labute approximate surface area is 93.9 Å². The molecule has 2 rings (SSSR count). The lowest BCUT2D eigenvalue weighted by molar-refractivity contribution is 0.440. The van der Waals surface area contributed by atoms with E-state index in [2.05, 4.69) is 10.3 Å². The van der Waals surface area contributed by atoms with Crippen LogP contribution in [0.15, 0.2) is 34.9 Å². The molecule has 0 fully saturated rings. The van der Waals surface area contributed by atoms with Gasteiger partial charge in [0.2, 0.25) is 5.89 Å². The van der Waals surface area contributed by atoms with Crippen LogP contribution in [0.3, 0.4) is 0 Å². The van der Waals surface area contributed by atoms with Gasteiger partial charge in [0.25, 0.3) is 0 Å². The zero-order valence-electron chi connectivity index (χ0n) is 9.10. The van der Waals surface area contributed by atoms with Gasteiger partial charge in [0.05, 0.1) is 12.7 Å². The normalized spacial score (nSPS) is 10.6. The number of benzene rings is 1. The minimum atomic E-state index is 0.304. The average Bonchev–Trinajstić information content (AvgIpc) is 2.67. The molecular weight excluding hydrogens is 204 g/mol. The molecule has 0 aliphatic rings. The lowest BCUT2D eigenvalue weighted by atomic mass is 10.2. The summed E-state index contributed by atoms with van der Waals surface area (Å²) < 4.78 is 5.32. The zero-order valence-corrected chi connectivity index (χ0v) is 9.10. The molecule has 1 aromatic heterocycles. The largest absolute Gasteiger partial charge is 0.508 e. The third-order valence-electron chi connectivity index (χ3n) is 2.25. The van der Waals surface area contributed by atoms with Crippen LogP contribution in [0.1, 0.15) is 17.2 Å². The predicted molar refractivity (Wildman–Crippen MR) is 59.9 cm³/mol. The number of aromatic hydroxyl groups is 1. The summed E-state index contributed by atoms with van der Waals surface area (Å²) in [5.74, 6) is 1.77. The van der Waals surface area contributed by atoms with E-state index in [1.807, 2.05) is 19.1 Å². The Morgan fingerprint density at radius 3 is 2.81 bits per heavy atom. The first-order valence-electron chi connectivity index (χ1n) is 5.14. The predicted octanol–water partition coefficient (Wildman–Crippen LogP) is 1.98. The molecule has 0 atom stereocenters. The first-order chi connectivity index (χ1) is 7.75. The second-order valence-electron chi connectivity index (χ2n) is 3.60. The lowest BCUT2D eigenvalue weighted by Crippen LogP contribution is -2.12. The maximum absolute atomic E-state index is 9.53. The highest BCUT2D eigenvalue weighted by Crippen LogP contribution is 2.14. The van der Waals surface area contributed by atoms with Crippen molar-refractivity contribution in [2.45, 2.75) is 20.0 Å². The molecule has 4 heteroatoms. The van der Waals surface area contributed by atoms with Crippen molar-refractivity contribution in [3.63, 3.8) is 0 Å². The van der Waals surface area contributed by atoms with Crippen LogP contribution in [0.2, 0.25) is 0 Å². The van der Waals surface area contributed by atoms with Crippen LogP contribution in [-0.4, -0.2) is 10.1 Å². The highest BCUT2D eigenvalue weighted by Gasteiger charge is 2.01. The van der Waals surface area contributed by atoms with Crippen LogP contribution >= 0.6 is 0 Å². The van der Waals surface area contributed by atoms with E-state index in [4.69, 9.17) is 4.42 Å². The van der Waals surface area contributed by atoms with Gasteiger partial charge in [-0.25, -0.2) is 4.98 Å². The van der Waals surface area contributed by atoms with E-state index in [0.29, 0.717) is 24.7 Å². The summed E-state index contributed by atoms with van der Waals surface area (Å²) in [6, 6.07) is 7.25. The van der Waals surface area contributed by atoms with E-state index in [1.54, 1.807) is 18.3 Å². The third-order valence-corrected chi connectivity index (χ3v) is 2.25. The number of phenols is 1. The molecule has 0 spiro atoms. The molecule has 0 amide bonds. The molecule has 0 saturated heterocycles. The van der Waals surface area contributed by atoms with Crippen molar-refractivity contribution in [3.8, 4) is 5.75 Å². The van der Waals surface area contributed by atoms with Crippen molar-refractivity contribution in [1.29, 1.82) is 0 Å². The Balaban J connectivity index is 1.87. The minimum absolute atomic E-state index is 0.304. The Bertz CT molecular complexity index is 466. The van der Waals surface area contributed by atoms with E-state index in [9.17, 15) is 5.11 Å². The fourth-order valence-corrected chi connectivity index (χ4v) is 1.45. The molecule has 0 aliphatic carbocycles. The molecule has 0 aliphatic heterocycles. The Morgan fingerprint density at radius 2 is 2.12 bits per heavy atom. The molecule has 1 aromatic carbocycles. The molecular formula is C12H14N2O2. The van der Waals surface area contributed by atoms with Gasteiger partial charge >= 0.3 is 0 Å². The van der Waals surface area contributed by atoms with E-state index >= 15 is 0 Å². The van der Waals surface area contributed by atoms with Crippen LogP contribution in [0.25, 0.3) is 0 Å². The van der Waals surface area contributed by atoms with Gasteiger partial charge in [-0.1, -0.05) is 18.2 Å². The molecule has 0 saturated carbocycles. The fraction of sp³-hybridized carbons (Fsp3) is 0.250. The van der Waals surface area contributed by atoms with Crippen LogP contribution in [0.4, 0.5) is 0 Å². The number of aryl methyl sites for hydroxylation is 1. The number of nitrogens with zero attached hydrogens (tertiary/aromatic N) is 1. The monoisotopic (exact) mass is 218 g/mol. The molecule has 4 nitrogen and oxygen atoms in total. The van der Waals surface area contributed by atoms with Crippen LogP contribution in [-0.2, 0) is 13.1 Å². The number of phenolic OH excluding ortho intramolecular Hbond substituents is 1. The smallest absolute Gasteiger partial charge is 0.208 e. The zero-order chi connectivity index (χ0) is 11.4. The van der Waals surface area contributed by atoms with Gasteiger partial charge in [-0.05, 0) is 13.0 Å². The summed E-state index contributed by atoms with van der Waals surface area (Å²) in [5.41, 5.74) is 0.866. The summed E-state index contributed by atoms with van der Waals surface area (Å²) in [6.45, 7) is 3.01. The van der Waals surface area contributed by atoms with Crippen LogP contribution in [0, 0.1) is 6.92 Å². The molecule has 2 aromatic rings. The van der Waals surface area contributed by atoms with E-state index < -0.39 is 0 Å². The number of hydrogen-bond acceptors (Lipinski definition) is 4. The SMILES string of the molecule is Cc1cnc(CNCc2ccccc2O)o1. The average molecular weight is 218 g/mol. The first kappa shape index (κ1) is 10.7. The van der Waals surface area contributed by atoms with Crippen molar-refractivity contribution in [1.82, 2.24) is 10.3 Å². The van der Waals surface area contributed by atoms with Gasteiger partial charge in [-0.15, -0.1) is 0 Å². The molecule has 0 bridgehead atoms. The number of oxazole rings is 1. The van der Waals surface area contributed by atoms with Crippen molar-refractivity contribution in [3.05, 3.63) is 47.7 Å². The van der Waals surface area contributed by atoms with Gasteiger partial charge in [-0.2, -0.15) is 0 Å². The third kappa shape index (κ3) is 2.61. The van der Waals surface area contributed by atoms with Gasteiger partial charge in [0, 0.05) is 12.1 Å². The maximum atomic E-state index is 9.53. The van der Waals surface area contributed by atoms with Crippen molar-refractivity contribution in [2.24, 2.45) is 0 Å². The molecule has 16 heavy (non-hydrogen) atoms. The standard InChI is InChI=1S/C12H14N2O2/c1-9-6-14-12(16-9)8-13-7-10-4-2-3-5-11(10)15/h2-6,13,15H,7-8H2,1H3. The lowest BCUT2D eigenvalue weighted by Gasteiger charge is -2.04. The molecule has 0 radical (unpaired) electrons. The van der Waals surface area contributed by atoms with Crippen molar-refractivity contribution >= 4 is 0 Å². The van der Waals surface area contributed by atoms with Crippen LogP contribution in [0.5, 0.6) is 5.75 Å². The first-order valence-corrected chi connectivity index (χ1v) is 5.14. The number of nitrogens with one attached hydrogen (secondary N) is 1. The van der Waals surface area contributed by atoms with Crippen LogP contribution < -0.4 is 5.32 Å². The van der Waals surface area contributed by atoms with Gasteiger partial charge in [-0.3, -0.25) is 0 Å². The summed E-state index contributed by atoms with van der Waals surface area (Å²) >= 11 is 0. The van der Waals surface area contributed by atoms with E-state index in [-0.39, 0.29) is 0 Å². The maximum Gasteiger partial charge on any atom is 0.208 e. The number of rotatable bonds is 4. The molecule has 84 valence electrons. The van der Waals surface area contributed by atoms with Gasteiger partial charge in [0.15, 0.2) is 0 Å². The Morgan fingerprint density at radius 1 is 1.31 bits per heavy atom. The molecule has 2 N–H and O–H groups in total. The summed E-state index contributed by atoms with van der Waals surface area (Å²) in [6.07, 6.45) is 1.69. The number of para-hydroxylation sites is 1. The quantitative estimate of drug-likeness (QED) is 0.823. The highest BCUT2D eigenvalue weighted by atomic mass is 16.4. The van der Waals surface area contributed by atoms with Crippen molar-refractivity contribution in [2.75, 3.05) is 0 Å². The second kappa shape index (κ2) is 4.81. The summed E-state index contributed by atoms with van der Waals surface area (Å²) in [5, 5.41) is 12.7. The number of hydrogen-bond donors (Lipinski definition) is 2. The van der Waals surface area contributed by atoms with Crippen molar-refractivity contribution < 1.29 is 9.52 Å². The topological polar surface area (TPSA) is 58.3 Å².